The highest BCUT2D eigenvalue weighted by Gasteiger charge is 2.10. The van der Waals surface area contributed by atoms with E-state index in [-0.39, 0.29) is 12.2 Å². The van der Waals surface area contributed by atoms with Crippen LogP contribution in [0, 0.1) is 10.1 Å². The first-order chi connectivity index (χ1) is 9.54. The second kappa shape index (κ2) is 7.41. The maximum Gasteiger partial charge on any atom is 0.329 e. The summed E-state index contributed by atoms with van der Waals surface area (Å²) in [5.74, 6) is -1.78. The number of hydrogen-bond donors (Lipinski definition) is 2. The van der Waals surface area contributed by atoms with Gasteiger partial charge in [-0.05, 0) is 0 Å². The molecule has 0 saturated carbocycles. The van der Waals surface area contributed by atoms with Crippen LogP contribution in [0.3, 0.4) is 0 Å². The molecule has 0 radical (unpaired) electrons. The van der Waals surface area contributed by atoms with Crippen LogP contribution in [0.5, 0.6) is 0 Å². The van der Waals surface area contributed by atoms with Gasteiger partial charge in [0.2, 0.25) is 0 Å². The van der Waals surface area contributed by atoms with E-state index in [4.69, 9.17) is 0 Å². The fraction of sp³-hybridized carbons (Fsp3) is 0.0833. The molecule has 0 atom stereocenters. The van der Waals surface area contributed by atoms with Crippen LogP contribution in [-0.4, -0.2) is 29.5 Å². The smallest absolute Gasteiger partial charge is 0.329 e. The number of amides is 2. The van der Waals surface area contributed by atoms with Gasteiger partial charge in [-0.2, -0.15) is 5.10 Å². The van der Waals surface area contributed by atoms with E-state index in [2.05, 4.69) is 17.0 Å². The van der Waals surface area contributed by atoms with Gasteiger partial charge in [0, 0.05) is 24.2 Å². The van der Waals surface area contributed by atoms with Crippen LogP contribution in [0.2, 0.25) is 0 Å². The summed E-state index contributed by atoms with van der Waals surface area (Å²) < 4.78 is 0. The molecular weight excluding hydrogens is 264 g/mol. The Kier molecular flexibility index (Phi) is 5.57. The van der Waals surface area contributed by atoms with Crippen molar-refractivity contribution >= 4 is 23.7 Å². The lowest BCUT2D eigenvalue weighted by Crippen LogP contribution is -2.37. The summed E-state index contributed by atoms with van der Waals surface area (Å²) in [7, 11) is 0. The van der Waals surface area contributed by atoms with E-state index in [1.54, 1.807) is 6.07 Å². The predicted octanol–water partition coefficient (Wildman–Crippen LogP) is 0.347. The number of rotatable bonds is 5. The van der Waals surface area contributed by atoms with Crippen LogP contribution in [0.4, 0.5) is 5.69 Å². The lowest BCUT2D eigenvalue weighted by Gasteiger charge is -1.99. The summed E-state index contributed by atoms with van der Waals surface area (Å²) in [5.41, 5.74) is 2.33. The maximum atomic E-state index is 11.2. The second-order valence-corrected chi connectivity index (χ2v) is 3.55. The number of nitro benzene ring substituents is 1. The zero-order valence-electron chi connectivity index (χ0n) is 10.4. The zero-order chi connectivity index (χ0) is 15.0. The van der Waals surface area contributed by atoms with Gasteiger partial charge in [0.05, 0.1) is 11.1 Å². The Morgan fingerprint density at radius 2 is 2.15 bits per heavy atom. The van der Waals surface area contributed by atoms with Gasteiger partial charge in [-0.15, -0.1) is 6.58 Å². The van der Waals surface area contributed by atoms with E-state index in [9.17, 15) is 19.7 Å². The highest BCUT2D eigenvalue weighted by molar-refractivity contribution is 6.35. The first-order valence-electron chi connectivity index (χ1n) is 5.51. The highest BCUT2D eigenvalue weighted by atomic mass is 16.6. The Hall–Kier alpha value is -3.03. The van der Waals surface area contributed by atoms with Crippen LogP contribution >= 0.6 is 0 Å². The number of hydrogen-bond acceptors (Lipinski definition) is 5. The van der Waals surface area contributed by atoms with Gasteiger partial charge in [-0.3, -0.25) is 19.7 Å². The molecule has 0 saturated heterocycles. The molecule has 0 bridgehead atoms. The third-order valence-corrected chi connectivity index (χ3v) is 2.07. The van der Waals surface area contributed by atoms with Crippen LogP contribution in [0.25, 0.3) is 0 Å². The van der Waals surface area contributed by atoms with E-state index in [1.807, 2.05) is 5.43 Å². The average molecular weight is 276 g/mol. The molecule has 2 amide bonds. The van der Waals surface area contributed by atoms with E-state index in [0.717, 1.165) is 0 Å². The van der Waals surface area contributed by atoms with Gasteiger partial charge in [0.15, 0.2) is 0 Å². The third-order valence-electron chi connectivity index (χ3n) is 2.07. The molecule has 20 heavy (non-hydrogen) atoms. The molecule has 1 aromatic carbocycles. The zero-order valence-corrected chi connectivity index (χ0v) is 10.4. The highest BCUT2D eigenvalue weighted by Crippen LogP contribution is 2.11. The largest absolute Gasteiger partial charge is 0.344 e. The van der Waals surface area contributed by atoms with Gasteiger partial charge in [-0.1, -0.05) is 18.2 Å². The van der Waals surface area contributed by atoms with Crippen molar-refractivity contribution in [2.75, 3.05) is 6.54 Å². The van der Waals surface area contributed by atoms with E-state index in [0.29, 0.717) is 5.56 Å². The van der Waals surface area contributed by atoms with Gasteiger partial charge >= 0.3 is 11.8 Å². The topological polar surface area (TPSA) is 114 Å². The molecule has 0 heterocycles. The molecule has 0 aromatic heterocycles. The summed E-state index contributed by atoms with van der Waals surface area (Å²) >= 11 is 0. The summed E-state index contributed by atoms with van der Waals surface area (Å²) in [5, 5.41) is 16.4. The normalized spacial score (nSPS) is 10.0. The number of hydrazone groups is 1. The summed E-state index contributed by atoms with van der Waals surface area (Å²) in [6.45, 7) is 3.55. The van der Waals surface area contributed by atoms with Gasteiger partial charge in [0.25, 0.3) is 5.69 Å². The molecule has 0 unspecified atom stereocenters. The van der Waals surface area contributed by atoms with Crippen LogP contribution in [-0.2, 0) is 9.59 Å². The van der Waals surface area contributed by atoms with Crippen molar-refractivity contribution in [2.45, 2.75) is 0 Å². The van der Waals surface area contributed by atoms with Gasteiger partial charge in [-0.25, -0.2) is 5.43 Å². The minimum absolute atomic E-state index is 0.0935. The quantitative estimate of drug-likeness (QED) is 0.265. The molecule has 2 N–H and O–H groups in total. The number of carbonyl (C=O) groups excluding carboxylic acids is 2. The van der Waals surface area contributed by atoms with E-state index in [1.165, 1.54) is 30.5 Å². The fourth-order valence-electron chi connectivity index (χ4n) is 1.18. The lowest BCUT2D eigenvalue weighted by atomic mass is 10.2. The minimum Gasteiger partial charge on any atom is -0.344 e. The van der Waals surface area contributed by atoms with E-state index < -0.39 is 16.7 Å². The first kappa shape index (κ1) is 15.0. The van der Waals surface area contributed by atoms with Crippen molar-refractivity contribution in [3.63, 3.8) is 0 Å². The SMILES string of the molecule is C=CCNC(=O)C(=O)N/N=C\c1cccc([N+](=O)[O-])c1. The Balaban J connectivity index is 2.58. The number of nitro groups is 1. The Labute approximate surface area is 114 Å². The summed E-state index contributed by atoms with van der Waals surface area (Å²) in [6, 6.07) is 5.67. The molecule has 0 spiro atoms. The molecule has 0 aliphatic carbocycles. The average Bonchev–Trinajstić information content (AvgIpc) is 2.44. The van der Waals surface area contributed by atoms with Crippen LogP contribution in [0.15, 0.2) is 42.0 Å². The lowest BCUT2D eigenvalue weighted by molar-refractivity contribution is -0.384. The number of nitrogens with zero attached hydrogens (tertiary/aromatic N) is 2. The molecule has 1 rings (SSSR count). The molecule has 0 aliphatic heterocycles. The van der Waals surface area contributed by atoms with E-state index >= 15 is 0 Å². The molecule has 8 nitrogen and oxygen atoms in total. The molecular formula is C12H12N4O4. The Morgan fingerprint density at radius 3 is 2.80 bits per heavy atom. The molecule has 0 fully saturated rings. The minimum atomic E-state index is -0.937. The molecule has 0 aliphatic rings. The number of carbonyl (C=O) groups is 2. The molecule has 1 aromatic rings. The maximum absolute atomic E-state index is 11.2. The third kappa shape index (κ3) is 4.69. The number of benzene rings is 1. The number of non-ortho nitro benzene ring substituents is 1. The second-order valence-electron chi connectivity index (χ2n) is 3.55. The monoisotopic (exact) mass is 276 g/mol. The fourth-order valence-corrected chi connectivity index (χ4v) is 1.18. The van der Waals surface area contributed by atoms with Crippen molar-refractivity contribution in [2.24, 2.45) is 5.10 Å². The van der Waals surface area contributed by atoms with Gasteiger partial charge < -0.3 is 5.32 Å². The summed E-state index contributed by atoms with van der Waals surface area (Å²) in [4.78, 5) is 32.4. The van der Waals surface area contributed by atoms with Crippen LogP contribution in [0.1, 0.15) is 5.56 Å². The van der Waals surface area contributed by atoms with Crippen LogP contribution < -0.4 is 10.7 Å². The molecule has 104 valence electrons. The molecule has 8 heteroatoms. The van der Waals surface area contributed by atoms with Crippen molar-refractivity contribution in [3.8, 4) is 0 Å². The first-order valence-corrected chi connectivity index (χ1v) is 5.51. The predicted molar refractivity (Wildman–Crippen MR) is 72.0 cm³/mol. The van der Waals surface area contributed by atoms with Crippen molar-refractivity contribution in [3.05, 3.63) is 52.6 Å². The Morgan fingerprint density at radius 1 is 1.40 bits per heavy atom. The van der Waals surface area contributed by atoms with Crippen molar-refractivity contribution in [1.29, 1.82) is 0 Å². The van der Waals surface area contributed by atoms with Crippen molar-refractivity contribution < 1.29 is 14.5 Å². The standard InChI is InChI=1S/C12H12N4O4/c1-2-6-13-11(17)12(18)15-14-8-9-4-3-5-10(7-9)16(19)20/h2-5,7-8H,1,6H2,(H,13,17)(H,15,18)/b14-8-. The van der Waals surface area contributed by atoms with Gasteiger partial charge in [0.1, 0.15) is 0 Å². The Bertz CT molecular complexity index is 568. The van der Waals surface area contributed by atoms with Crippen molar-refractivity contribution in [1.82, 2.24) is 10.7 Å². The summed E-state index contributed by atoms with van der Waals surface area (Å²) in [6.07, 6.45) is 2.63. The number of nitrogens with one attached hydrogen (secondary N) is 2.